The van der Waals surface area contributed by atoms with E-state index in [-0.39, 0.29) is 22.3 Å². The summed E-state index contributed by atoms with van der Waals surface area (Å²) in [4.78, 5) is 42.7. The summed E-state index contributed by atoms with van der Waals surface area (Å²) in [6.45, 7) is 0. The van der Waals surface area contributed by atoms with E-state index in [0.29, 0.717) is 30.3 Å². The molecular formula is C10H5O4Si. The van der Waals surface area contributed by atoms with Crippen LogP contribution in [0, 0.1) is 0 Å². The summed E-state index contributed by atoms with van der Waals surface area (Å²) in [6, 6.07) is 1.32. The molecule has 0 fully saturated rings. The van der Waals surface area contributed by atoms with Crippen LogP contribution in [0.15, 0.2) is 6.07 Å². The number of benzene rings is 1. The average Bonchev–Trinajstić information content (AvgIpc) is 2.27. The van der Waals surface area contributed by atoms with Crippen LogP contribution in [0.2, 0.25) is 0 Å². The molecule has 0 atom stereocenters. The summed E-state index contributed by atoms with van der Waals surface area (Å²) < 4.78 is 0. The van der Waals surface area contributed by atoms with Crippen molar-refractivity contribution in [2.24, 2.45) is 0 Å². The Hall–Kier alpha value is -1.88. The summed E-state index contributed by atoms with van der Waals surface area (Å²) in [5.74, 6) is 0. The highest BCUT2D eigenvalue weighted by molar-refractivity contribution is 6.37. The summed E-state index contributed by atoms with van der Waals surface area (Å²) >= 11 is 0. The summed E-state index contributed by atoms with van der Waals surface area (Å²) in [5.41, 5.74) is -0.00392. The van der Waals surface area contributed by atoms with Crippen molar-refractivity contribution in [3.8, 4) is 0 Å². The van der Waals surface area contributed by atoms with Crippen LogP contribution in [0.4, 0.5) is 0 Å². The molecule has 0 saturated heterocycles. The highest BCUT2D eigenvalue weighted by atomic mass is 28.1. The summed E-state index contributed by atoms with van der Waals surface area (Å²) in [6.07, 6.45) is 1.67. The van der Waals surface area contributed by atoms with Gasteiger partial charge in [-0.2, -0.15) is 0 Å². The van der Waals surface area contributed by atoms with E-state index in [1.165, 1.54) is 6.07 Å². The third kappa shape index (κ3) is 1.82. The fraction of sp³-hybridized carbons (Fsp3) is 0. The molecule has 3 radical (unpaired) electrons. The molecule has 0 bridgehead atoms. The minimum absolute atomic E-state index is 0.0642. The van der Waals surface area contributed by atoms with Crippen LogP contribution in [-0.2, 0) is 0 Å². The third-order valence-electron chi connectivity index (χ3n) is 1.96. The Morgan fingerprint density at radius 2 is 1.33 bits per heavy atom. The zero-order valence-corrected chi connectivity index (χ0v) is 8.52. The van der Waals surface area contributed by atoms with Crippen molar-refractivity contribution in [3.05, 3.63) is 28.3 Å². The highest BCUT2D eigenvalue weighted by Gasteiger charge is 2.14. The maximum Gasteiger partial charge on any atom is 0.151 e. The Labute approximate surface area is 88.7 Å². The number of hydrogen-bond acceptors (Lipinski definition) is 4. The Bertz CT molecular complexity index is 451. The van der Waals surface area contributed by atoms with Crippen LogP contribution in [0.5, 0.6) is 0 Å². The van der Waals surface area contributed by atoms with Gasteiger partial charge in [0, 0.05) is 22.3 Å². The monoisotopic (exact) mass is 217 g/mol. The lowest BCUT2D eigenvalue weighted by molar-refractivity contribution is 0.107. The Morgan fingerprint density at radius 3 is 1.73 bits per heavy atom. The number of aldehydes is 4. The maximum atomic E-state index is 10.7. The second-order valence-corrected chi connectivity index (χ2v) is 3.26. The van der Waals surface area contributed by atoms with Gasteiger partial charge in [-0.1, -0.05) is 11.3 Å². The first-order chi connectivity index (χ1) is 7.19. The molecule has 0 aliphatic carbocycles. The first-order valence-corrected chi connectivity index (χ1v) is 4.42. The van der Waals surface area contributed by atoms with Gasteiger partial charge in [0.05, 0.1) is 10.2 Å². The van der Waals surface area contributed by atoms with E-state index < -0.39 is 0 Å². The van der Waals surface area contributed by atoms with Gasteiger partial charge in [0.1, 0.15) is 0 Å². The molecule has 0 amide bonds. The van der Waals surface area contributed by atoms with Crippen molar-refractivity contribution in [2.45, 2.75) is 0 Å². The average molecular weight is 217 g/mol. The molecule has 0 aliphatic rings. The van der Waals surface area contributed by atoms with Gasteiger partial charge in [-0.05, 0) is 0 Å². The van der Waals surface area contributed by atoms with E-state index in [1.807, 2.05) is 0 Å². The predicted octanol–water partition coefficient (Wildman–Crippen LogP) is -0.270. The summed E-state index contributed by atoms with van der Waals surface area (Å²) in [5, 5.41) is 0.305. The number of hydrogen-bond donors (Lipinski definition) is 0. The van der Waals surface area contributed by atoms with E-state index in [9.17, 15) is 19.2 Å². The SMILES string of the molecule is O=Cc1cc([Si])c(C=O)c(C=O)c1C=O. The van der Waals surface area contributed by atoms with Gasteiger partial charge in [-0.15, -0.1) is 0 Å². The molecule has 73 valence electrons. The van der Waals surface area contributed by atoms with Gasteiger partial charge in [-0.3, -0.25) is 19.2 Å². The molecule has 0 heterocycles. The van der Waals surface area contributed by atoms with Crippen molar-refractivity contribution in [1.29, 1.82) is 0 Å². The van der Waals surface area contributed by atoms with E-state index >= 15 is 0 Å². The Morgan fingerprint density at radius 1 is 0.800 bits per heavy atom. The summed E-state index contributed by atoms with van der Waals surface area (Å²) in [7, 11) is 3.09. The molecule has 1 aromatic rings. The van der Waals surface area contributed by atoms with Crippen LogP contribution < -0.4 is 5.19 Å². The topological polar surface area (TPSA) is 68.3 Å². The molecule has 5 heteroatoms. The van der Waals surface area contributed by atoms with Gasteiger partial charge in [0.2, 0.25) is 0 Å². The standard InChI is InChI=1S/C10H5O4Si/c11-2-6-1-10(15)9(5-14)8(4-13)7(6)3-12/h1-5H. The number of rotatable bonds is 4. The highest BCUT2D eigenvalue weighted by Crippen LogP contribution is 2.11. The minimum atomic E-state index is -0.0744. The van der Waals surface area contributed by atoms with Crippen LogP contribution in [-0.4, -0.2) is 35.4 Å². The molecule has 15 heavy (non-hydrogen) atoms. The van der Waals surface area contributed by atoms with Gasteiger partial charge < -0.3 is 0 Å². The molecule has 0 unspecified atom stereocenters. The number of carbonyl (C=O) groups excluding carboxylic acids is 4. The van der Waals surface area contributed by atoms with Gasteiger partial charge in [-0.25, -0.2) is 0 Å². The zero-order chi connectivity index (χ0) is 11.4. The first-order valence-electron chi connectivity index (χ1n) is 3.92. The van der Waals surface area contributed by atoms with Crippen molar-refractivity contribution in [2.75, 3.05) is 0 Å². The molecule has 0 N–H and O–H groups in total. The van der Waals surface area contributed by atoms with Crippen LogP contribution in [0.1, 0.15) is 41.4 Å². The van der Waals surface area contributed by atoms with E-state index in [0.717, 1.165) is 0 Å². The zero-order valence-electron chi connectivity index (χ0n) is 7.52. The van der Waals surface area contributed by atoms with Crippen molar-refractivity contribution in [1.82, 2.24) is 0 Å². The van der Waals surface area contributed by atoms with Crippen LogP contribution in [0.25, 0.3) is 0 Å². The maximum absolute atomic E-state index is 10.7. The lowest BCUT2D eigenvalue weighted by Gasteiger charge is -2.07. The Kier molecular flexibility index (Phi) is 3.40. The quantitative estimate of drug-likeness (QED) is 0.514. The molecule has 4 nitrogen and oxygen atoms in total. The largest absolute Gasteiger partial charge is 0.298 e. The van der Waals surface area contributed by atoms with E-state index in [4.69, 9.17) is 0 Å². The van der Waals surface area contributed by atoms with Crippen molar-refractivity contribution >= 4 is 40.6 Å². The number of carbonyl (C=O) groups is 4. The second-order valence-electron chi connectivity index (χ2n) is 2.73. The Balaban J connectivity index is 3.73. The predicted molar refractivity (Wildman–Crippen MR) is 53.4 cm³/mol. The molecule has 0 spiro atoms. The molecular weight excluding hydrogens is 212 g/mol. The molecule has 0 saturated carbocycles. The molecule has 0 aliphatic heterocycles. The van der Waals surface area contributed by atoms with Gasteiger partial charge in [0.15, 0.2) is 25.1 Å². The normalized spacial score (nSPS) is 9.40. The smallest absolute Gasteiger partial charge is 0.151 e. The first kappa shape index (κ1) is 11.2. The van der Waals surface area contributed by atoms with Crippen molar-refractivity contribution < 1.29 is 19.2 Å². The fourth-order valence-corrected chi connectivity index (χ4v) is 1.59. The van der Waals surface area contributed by atoms with Gasteiger partial charge in [0.25, 0.3) is 0 Å². The molecule has 1 aromatic carbocycles. The van der Waals surface area contributed by atoms with Crippen molar-refractivity contribution in [3.63, 3.8) is 0 Å². The van der Waals surface area contributed by atoms with E-state index in [2.05, 4.69) is 10.2 Å². The lowest BCUT2D eigenvalue weighted by Crippen LogP contribution is -2.17. The molecule has 1 rings (SSSR count). The fourth-order valence-electron chi connectivity index (χ4n) is 1.24. The van der Waals surface area contributed by atoms with Crippen LogP contribution in [0.3, 0.4) is 0 Å². The van der Waals surface area contributed by atoms with Crippen LogP contribution >= 0.6 is 0 Å². The molecule has 0 aromatic heterocycles. The van der Waals surface area contributed by atoms with E-state index in [1.54, 1.807) is 0 Å². The van der Waals surface area contributed by atoms with Gasteiger partial charge >= 0.3 is 0 Å². The minimum Gasteiger partial charge on any atom is -0.298 e. The third-order valence-corrected chi connectivity index (χ3v) is 2.38. The lowest BCUT2D eigenvalue weighted by atomic mass is 9.98. The second kappa shape index (κ2) is 4.56.